The molecule has 1 amide bonds. The molecule has 8 nitrogen and oxygen atoms in total. The first-order chi connectivity index (χ1) is 8.27. The third-order valence-corrected chi connectivity index (χ3v) is 3.53. The van der Waals surface area contributed by atoms with Crippen LogP contribution in [0.1, 0.15) is 12.8 Å². The topological polar surface area (TPSA) is 120 Å². The van der Waals surface area contributed by atoms with Crippen LogP contribution in [0.2, 0.25) is 0 Å². The second-order valence-electron chi connectivity index (χ2n) is 3.53. The molecule has 0 aliphatic carbocycles. The Balaban J connectivity index is 0.00000324. The van der Waals surface area contributed by atoms with Crippen molar-refractivity contribution >= 4 is 63.0 Å². The number of methoxy groups -OCH3 is 1. The number of thiocarbonyl (C=S) groups is 1. The summed E-state index contributed by atoms with van der Waals surface area (Å²) in [5.41, 5.74) is -1.58. The van der Waals surface area contributed by atoms with Crippen molar-refractivity contribution in [2.24, 2.45) is 0 Å². The summed E-state index contributed by atoms with van der Waals surface area (Å²) in [4.78, 5) is 11.9. The van der Waals surface area contributed by atoms with Gasteiger partial charge in [0.05, 0.1) is 17.6 Å². The number of nitriles is 1. The molecule has 1 atom stereocenters. The predicted octanol–water partition coefficient (Wildman–Crippen LogP) is -1.45. The summed E-state index contributed by atoms with van der Waals surface area (Å²) >= 11 is 4.89. The molecule has 1 heterocycles. The molecular formula is C8H12N3NaO5S2. The molecule has 1 rings (SSSR count). The van der Waals surface area contributed by atoms with E-state index in [1.165, 1.54) is 7.11 Å². The van der Waals surface area contributed by atoms with Crippen LogP contribution in [0.15, 0.2) is 0 Å². The summed E-state index contributed by atoms with van der Waals surface area (Å²) in [6.07, 6.45) is 0.401. The number of nitrogens with one attached hydrogen (secondary N) is 1. The van der Waals surface area contributed by atoms with Gasteiger partial charge in [-0.3, -0.25) is 9.35 Å². The molecule has 0 bridgehead atoms. The molecule has 2 N–H and O–H groups in total. The van der Waals surface area contributed by atoms with E-state index >= 15 is 0 Å². The van der Waals surface area contributed by atoms with Crippen LogP contribution >= 0.6 is 12.2 Å². The van der Waals surface area contributed by atoms with Gasteiger partial charge < -0.3 is 10.1 Å². The molecule has 1 saturated heterocycles. The Bertz CT molecular complexity index is 517. The van der Waals surface area contributed by atoms with Crippen molar-refractivity contribution in [3.05, 3.63) is 0 Å². The van der Waals surface area contributed by atoms with Crippen LogP contribution in [-0.4, -0.2) is 77.1 Å². The van der Waals surface area contributed by atoms with E-state index in [1.54, 1.807) is 0 Å². The molecule has 1 aliphatic rings. The zero-order chi connectivity index (χ0) is 14.0. The van der Waals surface area contributed by atoms with Crippen molar-refractivity contribution < 1.29 is 22.5 Å². The third-order valence-electron chi connectivity index (χ3n) is 2.37. The van der Waals surface area contributed by atoms with Crippen LogP contribution < -0.4 is 5.32 Å². The number of rotatable bonds is 5. The van der Waals surface area contributed by atoms with Gasteiger partial charge in [0.1, 0.15) is 0 Å². The second kappa shape index (κ2) is 6.94. The van der Waals surface area contributed by atoms with E-state index in [1.807, 2.05) is 6.07 Å². The number of hydrogen-bond acceptors (Lipinski definition) is 6. The van der Waals surface area contributed by atoms with E-state index in [9.17, 15) is 13.2 Å². The molecule has 102 valence electrons. The summed E-state index contributed by atoms with van der Waals surface area (Å²) in [6.45, 7) is -0.381. The Hall–Kier alpha value is -0.280. The minimum absolute atomic E-state index is 0. The molecule has 0 aromatic rings. The van der Waals surface area contributed by atoms with Crippen molar-refractivity contribution in [3.63, 3.8) is 0 Å². The average Bonchev–Trinajstić information content (AvgIpc) is 2.29. The summed E-state index contributed by atoms with van der Waals surface area (Å²) in [7, 11) is -3.37. The van der Waals surface area contributed by atoms with Crippen molar-refractivity contribution in [1.29, 1.82) is 5.26 Å². The fourth-order valence-corrected chi connectivity index (χ4v) is 2.36. The Morgan fingerprint density at radius 1 is 1.74 bits per heavy atom. The van der Waals surface area contributed by atoms with Gasteiger partial charge in [-0.2, -0.15) is 13.7 Å². The van der Waals surface area contributed by atoms with Crippen LogP contribution in [0.4, 0.5) is 0 Å². The maximum atomic E-state index is 11.6. The summed E-state index contributed by atoms with van der Waals surface area (Å²) in [5, 5.41) is 10.9. The SMILES string of the molecule is COC1(NC(=S)CCC#N)CN(S(=O)(=O)O)C1=O.[NaH]. The third kappa shape index (κ3) is 4.09. The fraction of sp³-hybridized carbons (Fsp3) is 0.625. The zero-order valence-electron chi connectivity index (χ0n) is 9.41. The summed E-state index contributed by atoms with van der Waals surface area (Å²) in [6, 6.07) is 1.88. The van der Waals surface area contributed by atoms with E-state index in [-0.39, 0.29) is 58.2 Å². The molecule has 1 unspecified atom stereocenters. The standard InChI is InChI=1S/C8H11N3O5S2.Na.H/c1-16-8(10-6(17)3-2-4-9)5-11(7(8)12)18(13,14)15;;/h2-3,5H2,1H3,(H,10,17)(H,13,14,15);;. The van der Waals surface area contributed by atoms with E-state index in [4.69, 9.17) is 26.8 Å². The van der Waals surface area contributed by atoms with Gasteiger partial charge in [-0.05, 0) is 0 Å². The minimum atomic E-state index is -4.58. The van der Waals surface area contributed by atoms with Gasteiger partial charge in [-0.1, -0.05) is 12.2 Å². The number of hydrogen-bond donors (Lipinski definition) is 2. The van der Waals surface area contributed by atoms with Gasteiger partial charge in [0.25, 0.3) is 5.91 Å². The number of carbonyl (C=O) groups excluding carboxylic acids is 1. The van der Waals surface area contributed by atoms with Gasteiger partial charge in [0, 0.05) is 20.0 Å². The normalized spacial score (nSPS) is 21.9. The van der Waals surface area contributed by atoms with Crippen LogP contribution in [-0.2, 0) is 19.8 Å². The van der Waals surface area contributed by atoms with E-state index in [0.29, 0.717) is 0 Å². The molecule has 19 heavy (non-hydrogen) atoms. The Kier molecular flexibility index (Phi) is 6.84. The van der Waals surface area contributed by atoms with Crippen molar-refractivity contribution in [2.45, 2.75) is 18.6 Å². The summed E-state index contributed by atoms with van der Waals surface area (Å²) < 4.78 is 35.5. The van der Waals surface area contributed by atoms with Gasteiger partial charge in [0.2, 0.25) is 5.72 Å². The first-order valence-electron chi connectivity index (χ1n) is 4.79. The Labute approximate surface area is 138 Å². The van der Waals surface area contributed by atoms with Gasteiger partial charge in [-0.25, -0.2) is 4.31 Å². The first-order valence-corrected chi connectivity index (χ1v) is 6.60. The van der Waals surface area contributed by atoms with E-state index < -0.39 is 21.9 Å². The molecule has 0 saturated carbocycles. The molecule has 0 radical (unpaired) electrons. The Morgan fingerprint density at radius 2 is 2.32 bits per heavy atom. The van der Waals surface area contributed by atoms with Crippen LogP contribution in [0.25, 0.3) is 0 Å². The molecule has 0 spiro atoms. The number of carbonyl (C=O) groups is 1. The first kappa shape index (κ1) is 18.7. The van der Waals surface area contributed by atoms with Crippen LogP contribution in [0, 0.1) is 11.3 Å². The van der Waals surface area contributed by atoms with Gasteiger partial charge >= 0.3 is 39.9 Å². The monoisotopic (exact) mass is 317 g/mol. The predicted molar refractivity (Wildman–Crippen MR) is 70.7 cm³/mol. The van der Waals surface area contributed by atoms with Crippen molar-refractivity contribution in [3.8, 4) is 6.07 Å². The molecule has 1 aliphatic heterocycles. The van der Waals surface area contributed by atoms with Crippen LogP contribution in [0.5, 0.6) is 0 Å². The number of β-lactam (4-membered cyclic amide) rings is 1. The number of amides is 1. The molecular weight excluding hydrogens is 305 g/mol. The zero-order valence-corrected chi connectivity index (χ0v) is 11.0. The average molecular weight is 317 g/mol. The fourth-order valence-electron chi connectivity index (χ4n) is 1.39. The summed E-state index contributed by atoms with van der Waals surface area (Å²) in [5.74, 6) is -0.952. The maximum absolute atomic E-state index is 11.6. The molecule has 0 aromatic heterocycles. The quantitative estimate of drug-likeness (QED) is 0.208. The van der Waals surface area contributed by atoms with Crippen LogP contribution in [0.3, 0.4) is 0 Å². The van der Waals surface area contributed by atoms with Gasteiger partial charge in [-0.15, -0.1) is 0 Å². The van der Waals surface area contributed by atoms with E-state index in [0.717, 1.165) is 0 Å². The second-order valence-corrected chi connectivity index (χ2v) is 5.36. The van der Waals surface area contributed by atoms with Gasteiger partial charge in [0.15, 0.2) is 0 Å². The number of nitrogens with zero attached hydrogens (tertiary/aromatic N) is 2. The number of ether oxygens (including phenoxy) is 1. The molecule has 11 heteroatoms. The van der Waals surface area contributed by atoms with Crippen molar-refractivity contribution in [1.82, 2.24) is 9.62 Å². The Morgan fingerprint density at radius 3 is 2.68 bits per heavy atom. The molecule has 0 aromatic carbocycles. The van der Waals surface area contributed by atoms with Crippen molar-refractivity contribution in [2.75, 3.05) is 13.7 Å². The molecule has 1 fully saturated rings. The van der Waals surface area contributed by atoms with E-state index in [2.05, 4.69) is 5.32 Å².